The number of imidazole rings is 1. The standard InChI is InChI=1S/C17H17ClN6O3S/c18-12-1-3-13(4-2-12)19-14(25)11-21-5-7-22(8-6-21)15-16(24(26)27)23-9-10-28-17(23)20-15/h1-4,9-10H,5-8,11H2,(H,19,25). The molecule has 1 saturated heterocycles. The highest BCUT2D eigenvalue weighted by molar-refractivity contribution is 7.15. The van der Waals surface area contributed by atoms with Crippen molar-refractivity contribution in [2.24, 2.45) is 0 Å². The second-order valence-electron chi connectivity index (χ2n) is 6.39. The topological polar surface area (TPSA) is 96.0 Å². The zero-order valence-electron chi connectivity index (χ0n) is 14.7. The zero-order chi connectivity index (χ0) is 19.7. The highest BCUT2D eigenvalue weighted by Gasteiger charge is 2.30. The predicted molar refractivity (Wildman–Crippen MR) is 108 cm³/mol. The minimum Gasteiger partial charge on any atom is -0.358 e. The summed E-state index contributed by atoms with van der Waals surface area (Å²) in [7, 11) is 0. The molecule has 1 N–H and O–H groups in total. The lowest BCUT2D eigenvalue weighted by molar-refractivity contribution is -0.389. The zero-order valence-corrected chi connectivity index (χ0v) is 16.3. The highest BCUT2D eigenvalue weighted by atomic mass is 35.5. The Kier molecular flexibility index (Phi) is 5.16. The Labute approximate surface area is 169 Å². The summed E-state index contributed by atoms with van der Waals surface area (Å²) in [5.74, 6) is 0.275. The van der Waals surface area contributed by atoms with Crippen LogP contribution < -0.4 is 10.2 Å². The van der Waals surface area contributed by atoms with Crippen molar-refractivity contribution in [3.8, 4) is 0 Å². The van der Waals surface area contributed by atoms with E-state index in [0.717, 1.165) is 0 Å². The maximum absolute atomic E-state index is 12.2. The molecule has 0 spiro atoms. The second-order valence-corrected chi connectivity index (χ2v) is 7.70. The summed E-state index contributed by atoms with van der Waals surface area (Å²) in [6.45, 7) is 2.64. The number of hydrogen-bond donors (Lipinski definition) is 1. The van der Waals surface area contributed by atoms with Gasteiger partial charge in [0.25, 0.3) is 4.96 Å². The number of nitrogens with one attached hydrogen (secondary N) is 1. The van der Waals surface area contributed by atoms with Gasteiger partial charge in [0.1, 0.15) is 6.20 Å². The number of thiazole rings is 1. The molecule has 1 amide bonds. The normalized spacial score (nSPS) is 15.1. The van der Waals surface area contributed by atoms with E-state index in [4.69, 9.17) is 11.6 Å². The van der Waals surface area contributed by atoms with E-state index in [2.05, 4.69) is 10.3 Å². The minimum absolute atomic E-state index is 0.00909. The third-order valence-electron chi connectivity index (χ3n) is 4.56. The van der Waals surface area contributed by atoms with Gasteiger partial charge in [-0.15, -0.1) is 0 Å². The molecule has 11 heteroatoms. The van der Waals surface area contributed by atoms with Crippen LogP contribution in [0, 0.1) is 10.1 Å². The van der Waals surface area contributed by atoms with Crippen LogP contribution in [0.3, 0.4) is 0 Å². The average Bonchev–Trinajstić information content (AvgIpc) is 3.25. The lowest BCUT2D eigenvalue weighted by atomic mass is 10.3. The van der Waals surface area contributed by atoms with Crippen molar-refractivity contribution in [3.63, 3.8) is 0 Å². The molecule has 0 saturated carbocycles. The first kappa shape index (κ1) is 18.7. The van der Waals surface area contributed by atoms with E-state index in [9.17, 15) is 14.9 Å². The van der Waals surface area contributed by atoms with Gasteiger partial charge in [0.15, 0.2) is 0 Å². The van der Waals surface area contributed by atoms with Crippen molar-refractivity contribution in [2.45, 2.75) is 0 Å². The van der Waals surface area contributed by atoms with Gasteiger partial charge in [0, 0.05) is 42.3 Å². The van der Waals surface area contributed by atoms with E-state index >= 15 is 0 Å². The fourth-order valence-corrected chi connectivity index (χ4v) is 4.03. The van der Waals surface area contributed by atoms with E-state index in [1.807, 2.05) is 9.80 Å². The number of anilines is 2. The van der Waals surface area contributed by atoms with E-state index in [-0.39, 0.29) is 18.3 Å². The van der Waals surface area contributed by atoms with E-state index in [0.29, 0.717) is 47.7 Å². The van der Waals surface area contributed by atoms with Gasteiger partial charge in [-0.1, -0.05) is 22.9 Å². The van der Waals surface area contributed by atoms with Gasteiger partial charge in [-0.05, 0) is 29.2 Å². The number of hydrogen-bond acceptors (Lipinski definition) is 7. The van der Waals surface area contributed by atoms with Crippen LogP contribution >= 0.6 is 22.9 Å². The van der Waals surface area contributed by atoms with Crippen LogP contribution in [-0.4, -0.2) is 57.8 Å². The Bertz CT molecular complexity index is 1010. The molecule has 0 aliphatic carbocycles. The van der Waals surface area contributed by atoms with Crippen molar-refractivity contribution >= 4 is 51.1 Å². The number of carbonyl (C=O) groups excluding carboxylic acids is 1. The number of nitrogens with zero attached hydrogens (tertiary/aromatic N) is 5. The Hall–Kier alpha value is -2.69. The number of halogens is 1. The van der Waals surface area contributed by atoms with Crippen molar-refractivity contribution in [2.75, 3.05) is 42.9 Å². The van der Waals surface area contributed by atoms with Crippen LogP contribution in [-0.2, 0) is 4.79 Å². The Morgan fingerprint density at radius 2 is 1.96 bits per heavy atom. The van der Waals surface area contributed by atoms with Gasteiger partial charge in [0.2, 0.25) is 11.7 Å². The molecule has 0 atom stereocenters. The summed E-state index contributed by atoms with van der Waals surface area (Å²) in [6, 6.07) is 6.94. The maximum Gasteiger partial charge on any atom is 0.373 e. The summed E-state index contributed by atoms with van der Waals surface area (Å²) >= 11 is 7.21. The SMILES string of the molecule is O=C(CN1CCN(c2nc3sccn3c2[N+](=O)[O-])CC1)Nc1ccc(Cl)cc1. The van der Waals surface area contributed by atoms with Gasteiger partial charge in [0.05, 0.1) is 6.54 Å². The summed E-state index contributed by atoms with van der Waals surface area (Å²) in [5, 5.41) is 16.7. The molecule has 28 heavy (non-hydrogen) atoms. The first-order valence-electron chi connectivity index (χ1n) is 8.64. The molecule has 3 aromatic rings. The molecule has 3 heterocycles. The van der Waals surface area contributed by atoms with Crippen LogP contribution in [0.1, 0.15) is 0 Å². The number of rotatable bonds is 5. The Morgan fingerprint density at radius 1 is 1.25 bits per heavy atom. The van der Waals surface area contributed by atoms with Crippen LogP contribution in [0.2, 0.25) is 5.02 Å². The van der Waals surface area contributed by atoms with Crippen LogP contribution in [0.5, 0.6) is 0 Å². The lowest BCUT2D eigenvalue weighted by Gasteiger charge is -2.34. The molecule has 4 rings (SSSR count). The third kappa shape index (κ3) is 3.79. The first-order valence-corrected chi connectivity index (χ1v) is 9.89. The largest absolute Gasteiger partial charge is 0.373 e. The Morgan fingerprint density at radius 3 is 2.64 bits per heavy atom. The summed E-state index contributed by atoms with van der Waals surface area (Å²) < 4.78 is 1.51. The molecule has 0 bridgehead atoms. The molecule has 0 radical (unpaired) electrons. The molecule has 2 aromatic heterocycles. The number of aromatic nitrogens is 2. The fraction of sp³-hybridized carbons (Fsp3) is 0.294. The van der Waals surface area contributed by atoms with Crippen molar-refractivity contribution in [1.29, 1.82) is 0 Å². The number of nitro groups is 1. The van der Waals surface area contributed by atoms with Crippen molar-refractivity contribution in [1.82, 2.24) is 14.3 Å². The number of amides is 1. The molecule has 1 aromatic carbocycles. The number of carbonyl (C=O) groups is 1. The highest BCUT2D eigenvalue weighted by Crippen LogP contribution is 2.31. The second kappa shape index (κ2) is 7.74. The molecule has 9 nitrogen and oxygen atoms in total. The molecular weight excluding hydrogens is 404 g/mol. The number of benzene rings is 1. The molecule has 146 valence electrons. The number of fused-ring (bicyclic) bond motifs is 1. The lowest BCUT2D eigenvalue weighted by Crippen LogP contribution is -2.49. The molecule has 1 fully saturated rings. The van der Waals surface area contributed by atoms with Crippen LogP contribution in [0.4, 0.5) is 17.3 Å². The summed E-state index contributed by atoms with van der Waals surface area (Å²) in [6.07, 6.45) is 1.66. The van der Waals surface area contributed by atoms with E-state index in [1.54, 1.807) is 35.8 Å². The molecule has 1 aliphatic rings. The quantitative estimate of drug-likeness (QED) is 0.503. The number of piperazine rings is 1. The first-order chi connectivity index (χ1) is 13.5. The summed E-state index contributed by atoms with van der Waals surface area (Å²) in [4.78, 5) is 32.3. The van der Waals surface area contributed by atoms with E-state index < -0.39 is 4.92 Å². The molecular formula is C17H17ClN6O3S. The van der Waals surface area contributed by atoms with Crippen molar-refractivity contribution < 1.29 is 9.72 Å². The maximum atomic E-state index is 12.2. The molecule has 1 aliphatic heterocycles. The third-order valence-corrected chi connectivity index (χ3v) is 5.57. The predicted octanol–water partition coefficient (Wildman–Crippen LogP) is 2.72. The van der Waals surface area contributed by atoms with Gasteiger partial charge < -0.3 is 20.3 Å². The van der Waals surface area contributed by atoms with Gasteiger partial charge in [-0.3, -0.25) is 9.69 Å². The monoisotopic (exact) mass is 420 g/mol. The smallest absolute Gasteiger partial charge is 0.358 e. The average molecular weight is 421 g/mol. The van der Waals surface area contributed by atoms with Gasteiger partial charge in [-0.25, -0.2) is 0 Å². The van der Waals surface area contributed by atoms with Gasteiger partial charge in [-0.2, -0.15) is 9.38 Å². The fourth-order valence-electron chi connectivity index (χ4n) is 3.20. The van der Waals surface area contributed by atoms with Crippen LogP contribution in [0.15, 0.2) is 35.8 Å². The van der Waals surface area contributed by atoms with Crippen molar-refractivity contribution in [3.05, 3.63) is 51.0 Å². The minimum atomic E-state index is -0.395. The van der Waals surface area contributed by atoms with Gasteiger partial charge >= 0.3 is 5.82 Å². The van der Waals surface area contributed by atoms with E-state index in [1.165, 1.54) is 15.7 Å². The Balaban J connectivity index is 1.36. The molecule has 0 unspecified atom stereocenters. The van der Waals surface area contributed by atoms with Crippen LogP contribution in [0.25, 0.3) is 4.96 Å². The summed E-state index contributed by atoms with van der Waals surface area (Å²) in [5.41, 5.74) is 0.696.